The Morgan fingerprint density at radius 3 is 1.94 bits per heavy atom. The number of unbranched alkanes of at least 4 members (excludes halogenated alkanes) is 1. The van der Waals surface area contributed by atoms with Crippen LogP contribution in [0.2, 0.25) is 0 Å². The van der Waals surface area contributed by atoms with E-state index in [0.29, 0.717) is 32.2 Å². The molecule has 3 N–H and O–H groups in total. The van der Waals surface area contributed by atoms with Gasteiger partial charge in [0.15, 0.2) is 5.78 Å². The van der Waals surface area contributed by atoms with Crippen LogP contribution in [0.4, 0.5) is 4.79 Å². The molecule has 0 aromatic carbocycles. The van der Waals surface area contributed by atoms with Crippen molar-refractivity contribution >= 4 is 29.7 Å². The summed E-state index contributed by atoms with van der Waals surface area (Å²) in [5.41, 5.74) is -1.47. The van der Waals surface area contributed by atoms with Crippen LogP contribution in [0.15, 0.2) is 0 Å². The Bertz CT molecular complexity index is 804. The number of rotatable bonds is 14. The number of carbonyl (C=O) groups is 5. The number of hydrogen-bond acceptors (Lipinski definition) is 7. The van der Waals surface area contributed by atoms with Crippen LogP contribution in [0.3, 0.4) is 0 Å². The summed E-state index contributed by atoms with van der Waals surface area (Å²) in [6.07, 6.45) is 7.19. The summed E-state index contributed by atoms with van der Waals surface area (Å²) in [4.78, 5) is 61.0. The zero-order valence-corrected chi connectivity index (χ0v) is 22.7. The second kappa shape index (κ2) is 15.8. The molecule has 0 aromatic heterocycles. The van der Waals surface area contributed by atoms with E-state index in [1.807, 2.05) is 0 Å². The van der Waals surface area contributed by atoms with Gasteiger partial charge in [0.25, 0.3) is 0 Å². The van der Waals surface area contributed by atoms with Crippen LogP contribution in [0.1, 0.15) is 93.4 Å². The molecular formula is C26H43N3O7. The number of nitrogens with one attached hydrogen (secondary N) is 3. The van der Waals surface area contributed by atoms with Gasteiger partial charge in [-0.3, -0.25) is 14.4 Å². The third kappa shape index (κ3) is 17.4. The molecule has 0 aliphatic rings. The van der Waals surface area contributed by atoms with Gasteiger partial charge in [-0.2, -0.15) is 0 Å². The molecule has 0 rings (SSSR count). The standard InChI is InChI=1S/C26H43N3O7/c1-9-10-14-21(31)27-17-12-11-13-19(18(2)30)28-24(34)29-20(23(33)36-26(6,7)8)15-16-22(32)35-25(3,4)5/h1,19-20H,10-17H2,2-8H3,(H,27,31)(H2,28,29,34)/t19-,20-/m0/s1. The highest BCUT2D eigenvalue weighted by Gasteiger charge is 2.29. The van der Waals surface area contributed by atoms with E-state index < -0.39 is 41.3 Å². The largest absolute Gasteiger partial charge is 0.460 e. The first kappa shape index (κ1) is 32.9. The topological polar surface area (TPSA) is 140 Å². The Morgan fingerprint density at radius 2 is 1.42 bits per heavy atom. The second-order valence-corrected chi connectivity index (χ2v) is 10.5. The minimum absolute atomic E-state index is 0.0264. The Hall–Kier alpha value is -3.09. The van der Waals surface area contributed by atoms with Crippen LogP contribution in [0.5, 0.6) is 0 Å². The number of esters is 2. The van der Waals surface area contributed by atoms with E-state index in [0.717, 1.165) is 0 Å². The number of ether oxygens (including phenoxy) is 2. The summed E-state index contributed by atoms with van der Waals surface area (Å²) in [6.45, 7) is 12.1. The van der Waals surface area contributed by atoms with Gasteiger partial charge in [-0.15, -0.1) is 12.3 Å². The van der Waals surface area contributed by atoms with E-state index in [9.17, 15) is 24.0 Å². The number of terminal acetylenes is 1. The summed E-state index contributed by atoms with van der Waals surface area (Å²) >= 11 is 0. The van der Waals surface area contributed by atoms with Crippen LogP contribution in [-0.2, 0) is 28.7 Å². The number of Topliss-reactive ketones (excluding diaryl/α,β-unsaturated/α-hetero) is 1. The van der Waals surface area contributed by atoms with Gasteiger partial charge in [-0.25, -0.2) is 9.59 Å². The summed E-state index contributed by atoms with van der Waals surface area (Å²) in [5, 5.41) is 7.85. The van der Waals surface area contributed by atoms with Crippen molar-refractivity contribution in [3.8, 4) is 12.3 Å². The van der Waals surface area contributed by atoms with Crippen molar-refractivity contribution in [3.05, 3.63) is 0 Å². The lowest BCUT2D eigenvalue weighted by atomic mass is 10.1. The van der Waals surface area contributed by atoms with E-state index in [2.05, 4.69) is 21.9 Å². The molecule has 36 heavy (non-hydrogen) atoms. The smallest absolute Gasteiger partial charge is 0.329 e. The van der Waals surface area contributed by atoms with Gasteiger partial charge in [0.1, 0.15) is 17.2 Å². The van der Waals surface area contributed by atoms with Gasteiger partial charge in [0, 0.05) is 25.8 Å². The van der Waals surface area contributed by atoms with Crippen LogP contribution in [0.25, 0.3) is 0 Å². The molecule has 3 amide bonds. The van der Waals surface area contributed by atoms with Gasteiger partial charge in [0.2, 0.25) is 5.91 Å². The summed E-state index contributed by atoms with van der Waals surface area (Å²) in [7, 11) is 0. The number of hydrogen-bond donors (Lipinski definition) is 3. The Morgan fingerprint density at radius 1 is 0.833 bits per heavy atom. The summed E-state index contributed by atoms with van der Waals surface area (Å²) in [6, 6.07) is -2.60. The second-order valence-electron chi connectivity index (χ2n) is 10.5. The van der Waals surface area contributed by atoms with E-state index in [1.165, 1.54) is 6.92 Å². The molecule has 0 bridgehead atoms. The normalized spacial score (nSPS) is 12.9. The third-order valence-corrected chi connectivity index (χ3v) is 4.59. The van der Waals surface area contributed by atoms with Gasteiger partial charge in [-0.1, -0.05) is 0 Å². The zero-order chi connectivity index (χ0) is 27.9. The number of carbonyl (C=O) groups excluding carboxylic acids is 5. The zero-order valence-electron chi connectivity index (χ0n) is 22.7. The van der Waals surface area contributed by atoms with Crippen molar-refractivity contribution in [2.75, 3.05) is 6.54 Å². The fourth-order valence-electron chi connectivity index (χ4n) is 2.99. The molecule has 0 aromatic rings. The number of ketones is 1. The van der Waals surface area contributed by atoms with Gasteiger partial charge >= 0.3 is 18.0 Å². The molecule has 0 unspecified atom stereocenters. The SMILES string of the molecule is C#CCCC(=O)NCCCC[C@H](NC(=O)N[C@@H](CCC(=O)OC(C)(C)C)C(=O)OC(C)(C)C)C(C)=O. The highest BCUT2D eigenvalue weighted by Crippen LogP contribution is 2.14. The first-order chi connectivity index (χ1) is 16.5. The molecule has 0 saturated carbocycles. The summed E-state index contributed by atoms with van der Waals surface area (Å²) < 4.78 is 10.6. The lowest BCUT2D eigenvalue weighted by molar-refractivity contribution is -0.158. The lowest BCUT2D eigenvalue weighted by Crippen LogP contribution is -2.52. The first-order valence-electron chi connectivity index (χ1n) is 12.3. The molecule has 204 valence electrons. The Labute approximate surface area is 215 Å². The Balaban J connectivity index is 4.92. The van der Waals surface area contributed by atoms with Crippen molar-refractivity contribution < 1.29 is 33.4 Å². The van der Waals surface area contributed by atoms with Gasteiger partial charge < -0.3 is 25.4 Å². The minimum Gasteiger partial charge on any atom is -0.460 e. The van der Waals surface area contributed by atoms with Crippen molar-refractivity contribution in [1.82, 2.24) is 16.0 Å². The average Bonchev–Trinajstić information content (AvgIpc) is 2.71. The molecule has 0 fully saturated rings. The monoisotopic (exact) mass is 509 g/mol. The van der Waals surface area contributed by atoms with Crippen molar-refractivity contribution in [2.45, 2.75) is 117 Å². The fourth-order valence-corrected chi connectivity index (χ4v) is 2.99. The lowest BCUT2D eigenvalue weighted by Gasteiger charge is -2.26. The molecular weight excluding hydrogens is 466 g/mol. The van der Waals surface area contributed by atoms with E-state index >= 15 is 0 Å². The maximum absolute atomic E-state index is 12.6. The summed E-state index contributed by atoms with van der Waals surface area (Å²) in [5.74, 6) is 0.825. The van der Waals surface area contributed by atoms with E-state index in [-0.39, 0.29) is 31.0 Å². The van der Waals surface area contributed by atoms with E-state index in [4.69, 9.17) is 15.9 Å². The predicted molar refractivity (Wildman–Crippen MR) is 136 cm³/mol. The van der Waals surface area contributed by atoms with Gasteiger partial charge in [-0.05, 0) is 74.1 Å². The maximum Gasteiger partial charge on any atom is 0.329 e. The average molecular weight is 510 g/mol. The molecule has 0 radical (unpaired) electrons. The van der Waals surface area contributed by atoms with Crippen molar-refractivity contribution in [3.63, 3.8) is 0 Å². The highest BCUT2D eigenvalue weighted by atomic mass is 16.6. The highest BCUT2D eigenvalue weighted by molar-refractivity contribution is 5.89. The van der Waals surface area contributed by atoms with Crippen LogP contribution < -0.4 is 16.0 Å². The molecule has 0 saturated heterocycles. The predicted octanol–water partition coefficient (Wildman–Crippen LogP) is 2.78. The van der Waals surface area contributed by atoms with Gasteiger partial charge in [0.05, 0.1) is 6.04 Å². The quantitative estimate of drug-likeness (QED) is 0.186. The van der Waals surface area contributed by atoms with Crippen LogP contribution >= 0.6 is 0 Å². The minimum atomic E-state index is -1.11. The number of amides is 3. The van der Waals surface area contributed by atoms with Crippen LogP contribution in [-0.4, -0.2) is 59.5 Å². The molecule has 0 spiro atoms. The number of urea groups is 1. The molecule has 0 aliphatic heterocycles. The van der Waals surface area contributed by atoms with Crippen molar-refractivity contribution in [2.24, 2.45) is 0 Å². The van der Waals surface area contributed by atoms with Crippen molar-refractivity contribution in [1.29, 1.82) is 0 Å². The maximum atomic E-state index is 12.6. The molecule has 0 aliphatic carbocycles. The Kier molecular flexibility index (Phi) is 14.5. The molecule has 2 atom stereocenters. The molecule has 10 nitrogen and oxygen atoms in total. The fraction of sp³-hybridized carbons (Fsp3) is 0.731. The third-order valence-electron chi connectivity index (χ3n) is 4.59. The molecule has 0 heterocycles. The van der Waals surface area contributed by atoms with E-state index in [1.54, 1.807) is 41.5 Å². The first-order valence-corrected chi connectivity index (χ1v) is 12.3. The van der Waals surface area contributed by atoms with Crippen LogP contribution in [0, 0.1) is 12.3 Å². The molecule has 10 heteroatoms.